The first-order chi connectivity index (χ1) is 9.31. The van der Waals surface area contributed by atoms with Gasteiger partial charge in [0.1, 0.15) is 0 Å². The molecule has 19 heavy (non-hydrogen) atoms. The zero-order chi connectivity index (χ0) is 13.1. The first-order valence-electron chi connectivity index (χ1n) is 6.36. The Morgan fingerprint density at radius 1 is 0.947 bits per heavy atom. The molecule has 0 radical (unpaired) electrons. The minimum absolute atomic E-state index is 0.914. The van der Waals surface area contributed by atoms with Crippen molar-refractivity contribution in [3.05, 3.63) is 76.1 Å². The van der Waals surface area contributed by atoms with Gasteiger partial charge < -0.3 is 0 Å². The van der Waals surface area contributed by atoms with Crippen LogP contribution in [-0.2, 0) is 6.42 Å². The van der Waals surface area contributed by atoms with Crippen LogP contribution in [0.25, 0.3) is 11.3 Å². The largest absolute Gasteiger partial charge is 0.241 e. The highest BCUT2D eigenvalue weighted by atomic mass is 32.1. The van der Waals surface area contributed by atoms with E-state index in [2.05, 4.69) is 60.8 Å². The van der Waals surface area contributed by atoms with Crippen LogP contribution in [0.2, 0.25) is 0 Å². The van der Waals surface area contributed by atoms with E-state index in [4.69, 9.17) is 4.98 Å². The van der Waals surface area contributed by atoms with Gasteiger partial charge in [0, 0.05) is 17.4 Å². The van der Waals surface area contributed by atoms with Gasteiger partial charge in [0.05, 0.1) is 10.7 Å². The molecule has 1 heterocycles. The van der Waals surface area contributed by atoms with E-state index in [1.807, 2.05) is 6.07 Å². The van der Waals surface area contributed by atoms with Crippen LogP contribution in [0.3, 0.4) is 0 Å². The van der Waals surface area contributed by atoms with Gasteiger partial charge in [-0.25, -0.2) is 4.98 Å². The van der Waals surface area contributed by atoms with Crippen molar-refractivity contribution in [3.63, 3.8) is 0 Å². The highest BCUT2D eigenvalue weighted by molar-refractivity contribution is 7.10. The molecule has 0 fully saturated rings. The number of rotatable bonds is 3. The van der Waals surface area contributed by atoms with Gasteiger partial charge in [-0.05, 0) is 12.5 Å². The van der Waals surface area contributed by atoms with Gasteiger partial charge in [-0.1, -0.05) is 60.2 Å². The number of aryl methyl sites for hydroxylation is 1. The average molecular weight is 265 g/mol. The standard InChI is InChI=1S/C17H15NS/c1-13-7-9-15(10-8-13)16-12-19-17(18-16)11-14-5-3-2-4-6-14/h2-10,12H,11H2,1H3. The van der Waals surface area contributed by atoms with Crippen molar-refractivity contribution in [2.24, 2.45) is 0 Å². The van der Waals surface area contributed by atoms with E-state index in [-0.39, 0.29) is 0 Å². The van der Waals surface area contributed by atoms with Crippen molar-refractivity contribution in [2.45, 2.75) is 13.3 Å². The van der Waals surface area contributed by atoms with Gasteiger partial charge in [0.15, 0.2) is 0 Å². The Morgan fingerprint density at radius 2 is 1.68 bits per heavy atom. The monoisotopic (exact) mass is 265 g/mol. The molecule has 0 aliphatic carbocycles. The van der Waals surface area contributed by atoms with Gasteiger partial charge >= 0.3 is 0 Å². The molecular formula is C17H15NS. The van der Waals surface area contributed by atoms with Crippen molar-refractivity contribution >= 4 is 11.3 Å². The highest BCUT2D eigenvalue weighted by Crippen LogP contribution is 2.23. The van der Waals surface area contributed by atoms with Crippen molar-refractivity contribution in [1.82, 2.24) is 4.98 Å². The molecule has 1 aromatic heterocycles. The molecule has 3 rings (SSSR count). The van der Waals surface area contributed by atoms with Crippen LogP contribution in [0, 0.1) is 6.92 Å². The summed E-state index contributed by atoms with van der Waals surface area (Å²) >= 11 is 1.73. The Bertz CT molecular complexity index is 653. The van der Waals surface area contributed by atoms with Crippen LogP contribution in [0.5, 0.6) is 0 Å². The smallest absolute Gasteiger partial charge is 0.0976 e. The number of thiazole rings is 1. The summed E-state index contributed by atoms with van der Waals surface area (Å²) in [4.78, 5) is 4.72. The average Bonchev–Trinajstić information content (AvgIpc) is 2.89. The summed E-state index contributed by atoms with van der Waals surface area (Å²) in [6.07, 6.45) is 0.914. The fourth-order valence-electron chi connectivity index (χ4n) is 2.02. The van der Waals surface area contributed by atoms with E-state index >= 15 is 0 Å². The second-order valence-corrected chi connectivity index (χ2v) is 5.60. The molecule has 0 spiro atoms. The SMILES string of the molecule is Cc1ccc(-c2csc(Cc3ccccc3)n2)cc1. The van der Waals surface area contributed by atoms with Gasteiger partial charge in [-0.3, -0.25) is 0 Å². The number of aromatic nitrogens is 1. The first kappa shape index (κ1) is 12.1. The van der Waals surface area contributed by atoms with E-state index in [0.717, 1.165) is 12.1 Å². The second kappa shape index (κ2) is 5.37. The van der Waals surface area contributed by atoms with E-state index in [0.29, 0.717) is 0 Å². The predicted molar refractivity (Wildman–Crippen MR) is 81.5 cm³/mol. The molecule has 0 atom stereocenters. The molecule has 2 heteroatoms. The van der Waals surface area contributed by atoms with Gasteiger partial charge in [-0.15, -0.1) is 11.3 Å². The Morgan fingerprint density at radius 3 is 2.42 bits per heavy atom. The van der Waals surface area contributed by atoms with Crippen molar-refractivity contribution in [2.75, 3.05) is 0 Å². The van der Waals surface area contributed by atoms with Crippen LogP contribution >= 0.6 is 11.3 Å². The summed E-state index contributed by atoms with van der Waals surface area (Å²) in [7, 11) is 0. The molecule has 0 aliphatic heterocycles. The Labute approximate surface area is 117 Å². The van der Waals surface area contributed by atoms with Crippen LogP contribution < -0.4 is 0 Å². The topological polar surface area (TPSA) is 12.9 Å². The quantitative estimate of drug-likeness (QED) is 0.668. The summed E-state index contributed by atoms with van der Waals surface area (Å²) in [6, 6.07) is 19.0. The summed E-state index contributed by atoms with van der Waals surface area (Å²) in [5.74, 6) is 0. The third-order valence-electron chi connectivity index (χ3n) is 3.10. The Kier molecular flexibility index (Phi) is 3.43. The second-order valence-electron chi connectivity index (χ2n) is 4.65. The molecular weight excluding hydrogens is 250 g/mol. The Balaban J connectivity index is 1.82. The van der Waals surface area contributed by atoms with E-state index in [1.54, 1.807) is 11.3 Å². The van der Waals surface area contributed by atoms with Gasteiger partial charge in [-0.2, -0.15) is 0 Å². The lowest BCUT2D eigenvalue weighted by molar-refractivity contribution is 1.14. The molecule has 0 saturated carbocycles. The van der Waals surface area contributed by atoms with Crippen LogP contribution in [0.15, 0.2) is 60.0 Å². The van der Waals surface area contributed by atoms with Crippen LogP contribution in [0.4, 0.5) is 0 Å². The van der Waals surface area contributed by atoms with Crippen LogP contribution in [-0.4, -0.2) is 4.98 Å². The molecule has 3 aromatic rings. The highest BCUT2D eigenvalue weighted by Gasteiger charge is 2.05. The van der Waals surface area contributed by atoms with Crippen LogP contribution in [0.1, 0.15) is 16.1 Å². The molecule has 0 saturated heterocycles. The van der Waals surface area contributed by atoms with Gasteiger partial charge in [0.2, 0.25) is 0 Å². The molecule has 1 nitrogen and oxygen atoms in total. The predicted octanol–water partition coefficient (Wildman–Crippen LogP) is 4.71. The lowest BCUT2D eigenvalue weighted by atomic mass is 10.1. The number of hydrogen-bond donors (Lipinski definition) is 0. The summed E-state index contributed by atoms with van der Waals surface area (Å²) in [5.41, 5.74) is 4.87. The maximum atomic E-state index is 4.72. The number of hydrogen-bond acceptors (Lipinski definition) is 2. The summed E-state index contributed by atoms with van der Waals surface area (Å²) in [5, 5.41) is 3.31. The normalized spacial score (nSPS) is 10.6. The maximum absolute atomic E-state index is 4.72. The minimum Gasteiger partial charge on any atom is -0.241 e. The zero-order valence-electron chi connectivity index (χ0n) is 10.8. The number of nitrogens with zero attached hydrogens (tertiary/aromatic N) is 1. The van der Waals surface area contributed by atoms with E-state index < -0.39 is 0 Å². The number of benzene rings is 2. The van der Waals surface area contributed by atoms with Gasteiger partial charge in [0.25, 0.3) is 0 Å². The maximum Gasteiger partial charge on any atom is 0.0976 e. The Hall–Kier alpha value is -1.93. The minimum atomic E-state index is 0.914. The summed E-state index contributed by atoms with van der Waals surface area (Å²) < 4.78 is 0. The lowest BCUT2D eigenvalue weighted by Crippen LogP contribution is -1.87. The molecule has 0 bridgehead atoms. The fraction of sp³-hybridized carbons (Fsp3) is 0.118. The van der Waals surface area contributed by atoms with Crippen molar-refractivity contribution in [1.29, 1.82) is 0 Å². The molecule has 0 unspecified atom stereocenters. The molecule has 2 aromatic carbocycles. The lowest BCUT2D eigenvalue weighted by Gasteiger charge is -1.98. The zero-order valence-corrected chi connectivity index (χ0v) is 11.7. The molecule has 94 valence electrons. The third-order valence-corrected chi connectivity index (χ3v) is 3.95. The fourth-order valence-corrected chi connectivity index (χ4v) is 2.86. The first-order valence-corrected chi connectivity index (χ1v) is 7.24. The van der Waals surface area contributed by atoms with E-state index in [9.17, 15) is 0 Å². The summed E-state index contributed by atoms with van der Waals surface area (Å²) in [6.45, 7) is 2.10. The van der Waals surface area contributed by atoms with E-state index in [1.165, 1.54) is 21.7 Å². The molecule has 0 aliphatic rings. The van der Waals surface area contributed by atoms with Crippen molar-refractivity contribution in [3.8, 4) is 11.3 Å². The molecule has 0 amide bonds. The van der Waals surface area contributed by atoms with Crippen molar-refractivity contribution < 1.29 is 0 Å². The third kappa shape index (κ3) is 2.91. The molecule has 0 N–H and O–H groups in total.